The Morgan fingerprint density at radius 2 is 1.69 bits per heavy atom. The lowest BCUT2D eigenvalue weighted by molar-refractivity contribution is -0.139. The van der Waals surface area contributed by atoms with Gasteiger partial charge in [-0.25, -0.2) is 4.79 Å². The van der Waals surface area contributed by atoms with E-state index in [1.54, 1.807) is 17.8 Å². The fraction of sp³-hybridized carbons (Fsp3) is 0.231. The van der Waals surface area contributed by atoms with E-state index in [0.29, 0.717) is 24.3 Å². The third kappa shape index (κ3) is 5.92. The summed E-state index contributed by atoms with van der Waals surface area (Å²) >= 11 is 1.56. The Labute approximate surface area is 193 Å². The Balaban J connectivity index is 1.98. The van der Waals surface area contributed by atoms with Crippen LogP contribution in [-0.4, -0.2) is 35.0 Å². The molecular formula is C26H28N2O3S. The van der Waals surface area contributed by atoms with Crippen LogP contribution in [0.25, 0.3) is 11.1 Å². The normalized spacial score (nSPS) is 11.6. The second-order valence-electron chi connectivity index (χ2n) is 7.52. The number of rotatable bonds is 10. The Hall–Kier alpha value is -3.25. The Morgan fingerprint density at radius 3 is 2.38 bits per heavy atom. The highest BCUT2D eigenvalue weighted by molar-refractivity contribution is 7.98. The van der Waals surface area contributed by atoms with E-state index in [1.165, 1.54) is 0 Å². The van der Waals surface area contributed by atoms with Crippen molar-refractivity contribution in [1.29, 1.82) is 0 Å². The monoisotopic (exact) mass is 448 g/mol. The Morgan fingerprint density at radius 1 is 0.969 bits per heavy atom. The van der Waals surface area contributed by atoms with Crippen LogP contribution in [0.4, 0.5) is 5.69 Å². The largest absolute Gasteiger partial charge is 0.480 e. The third-order valence-corrected chi connectivity index (χ3v) is 5.92. The topological polar surface area (TPSA) is 78.4 Å². The van der Waals surface area contributed by atoms with Gasteiger partial charge in [-0.1, -0.05) is 54.6 Å². The summed E-state index contributed by atoms with van der Waals surface area (Å²) in [5, 5.41) is 15.7. The highest BCUT2D eigenvalue weighted by atomic mass is 32.2. The summed E-state index contributed by atoms with van der Waals surface area (Å²) in [5.41, 5.74) is 5.25. The Kier molecular flexibility index (Phi) is 8.34. The molecule has 0 spiro atoms. The third-order valence-electron chi connectivity index (χ3n) is 5.28. The van der Waals surface area contributed by atoms with Gasteiger partial charge < -0.3 is 15.7 Å². The number of nitrogens with one attached hydrogen (secondary N) is 2. The number of carboxylic acids is 1. The van der Waals surface area contributed by atoms with Crippen LogP contribution in [0, 0.1) is 6.92 Å². The molecule has 0 saturated carbocycles. The van der Waals surface area contributed by atoms with Crippen molar-refractivity contribution in [2.24, 2.45) is 0 Å². The minimum atomic E-state index is -1.02. The molecule has 0 fully saturated rings. The number of aliphatic carboxylic acids is 1. The first-order valence-electron chi connectivity index (χ1n) is 10.5. The Bertz CT molecular complexity index is 1070. The van der Waals surface area contributed by atoms with Gasteiger partial charge in [-0.15, -0.1) is 0 Å². The van der Waals surface area contributed by atoms with E-state index in [1.807, 2.05) is 79.9 Å². The molecule has 1 atom stereocenters. The fourth-order valence-corrected chi connectivity index (χ4v) is 4.06. The smallest absolute Gasteiger partial charge is 0.326 e. The first-order chi connectivity index (χ1) is 15.5. The molecule has 5 nitrogen and oxygen atoms in total. The number of aryl methyl sites for hydroxylation is 1. The number of para-hydroxylation sites is 1. The van der Waals surface area contributed by atoms with Crippen LogP contribution >= 0.6 is 11.8 Å². The van der Waals surface area contributed by atoms with Crippen LogP contribution in [0.15, 0.2) is 72.8 Å². The zero-order valence-electron chi connectivity index (χ0n) is 18.3. The zero-order valence-corrected chi connectivity index (χ0v) is 19.1. The van der Waals surface area contributed by atoms with Gasteiger partial charge in [-0.2, -0.15) is 11.8 Å². The number of benzene rings is 3. The van der Waals surface area contributed by atoms with Crippen molar-refractivity contribution in [1.82, 2.24) is 5.32 Å². The average Bonchev–Trinajstić information content (AvgIpc) is 2.81. The molecule has 6 heteroatoms. The molecule has 0 heterocycles. The molecule has 3 aromatic carbocycles. The number of carbonyl (C=O) groups is 2. The van der Waals surface area contributed by atoms with Crippen molar-refractivity contribution in [3.63, 3.8) is 0 Å². The van der Waals surface area contributed by atoms with Gasteiger partial charge in [0.15, 0.2) is 0 Å². The number of carboxylic acid groups (broad SMARTS) is 1. The van der Waals surface area contributed by atoms with Crippen LogP contribution in [0.1, 0.15) is 27.9 Å². The lowest BCUT2D eigenvalue weighted by atomic mass is 9.91. The maximum atomic E-state index is 13.3. The predicted octanol–water partition coefficient (Wildman–Crippen LogP) is 5.21. The van der Waals surface area contributed by atoms with Crippen molar-refractivity contribution in [2.75, 3.05) is 17.3 Å². The molecule has 32 heavy (non-hydrogen) atoms. The molecule has 0 aromatic heterocycles. The van der Waals surface area contributed by atoms with Crippen LogP contribution in [-0.2, 0) is 11.3 Å². The number of hydrogen-bond donors (Lipinski definition) is 3. The van der Waals surface area contributed by atoms with Gasteiger partial charge in [0.05, 0.1) is 0 Å². The van der Waals surface area contributed by atoms with Crippen molar-refractivity contribution in [3.05, 3.63) is 89.5 Å². The van der Waals surface area contributed by atoms with Gasteiger partial charge in [0.1, 0.15) is 6.04 Å². The van der Waals surface area contributed by atoms with Gasteiger partial charge >= 0.3 is 5.97 Å². The average molecular weight is 449 g/mol. The fourth-order valence-electron chi connectivity index (χ4n) is 3.59. The van der Waals surface area contributed by atoms with Crippen molar-refractivity contribution in [2.45, 2.75) is 25.9 Å². The van der Waals surface area contributed by atoms with Gasteiger partial charge in [-0.05, 0) is 65.8 Å². The van der Waals surface area contributed by atoms with E-state index in [-0.39, 0.29) is 5.91 Å². The first kappa shape index (κ1) is 23.4. The zero-order chi connectivity index (χ0) is 22.9. The van der Waals surface area contributed by atoms with E-state index >= 15 is 0 Å². The number of carbonyl (C=O) groups excluding carboxylic acids is 1. The SMILES string of the molecule is CSCCC(NC(=O)c1cccc(CNc2ccccc2)c1-c1ccccc1C)C(=O)O. The lowest BCUT2D eigenvalue weighted by Crippen LogP contribution is -2.41. The molecule has 1 unspecified atom stereocenters. The predicted molar refractivity (Wildman–Crippen MR) is 132 cm³/mol. The number of anilines is 1. The summed E-state index contributed by atoms with van der Waals surface area (Å²) < 4.78 is 0. The van der Waals surface area contributed by atoms with Gasteiger partial charge in [0.2, 0.25) is 0 Å². The van der Waals surface area contributed by atoms with E-state index in [9.17, 15) is 14.7 Å². The highest BCUT2D eigenvalue weighted by Gasteiger charge is 2.23. The lowest BCUT2D eigenvalue weighted by Gasteiger charge is -2.20. The highest BCUT2D eigenvalue weighted by Crippen LogP contribution is 2.31. The van der Waals surface area contributed by atoms with Gasteiger partial charge in [0.25, 0.3) is 5.91 Å². The molecular weight excluding hydrogens is 420 g/mol. The van der Waals surface area contributed by atoms with Crippen LogP contribution in [0.2, 0.25) is 0 Å². The van der Waals surface area contributed by atoms with Crippen LogP contribution in [0.3, 0.4) is 0 Å². The van der Waals surface area contributed by atoms with Crippen LogP contribution in [0.5, 0.6) is 0 Å². The minimum Gasteiger partial charge on any atom is -0.480 e. The summed E-state index contributed by atoms with van der Waals surface area (Å²) in [6, 6.07) is 22.5. The molecule has 3 aromatic rings. The molecule has 3 N–H and O–H groups in total. The maximum absolute atomic E-state index is 13.3. The summed E-state index contributed by atoms with van der Waals surface area (Å²) in [7, 11) is 0. The summed E-state index contributed by atoms with van der Waals surface area (Å²) in [6.45, 7) is 2.54. The second kappa shape index (κ2) is 11.4. The summed E-state index contributed by atoms with van der Waals surface area (Å²) in [6.07, 6.45) is 2.29. The number of amides is 1. The van der Waals surface area contributed by atoms with E-state index in [2.05, 4.69) is 10.6 Å². The molecule has 0 bridgehead atoms. The summed E-state index contributed by atoms with van der Waals surface area (Å²) in [5.74, 6) is -0.742. The second-order valence-corrected chi connectivity index (χ2v) is 8.51. The quantitative estimate of drug-likeness (QED) is 0.397. The molecule has 0 aliphatic heterocycles. The van der Waals surface area contributed by atoms with Crippen molar-refractivity contribution < 1.29 is 14.7 Å². The molecule has 0 aliphatic carbocycles. The van der Waals surface area contributed by atoms with Gasteiger partial charge in [0, 0.05) is 17.8 Å². The molecule has 0 aliphatic rings. The molecule has 0 saturated heterocycles. The number of hydrogen-bond acceptors (Lipinski definition) is 4. The standard InChI is InChI=1S/C26H28N2O3S/c1-18-9-6-7-13-21(18)24-19(17-27-20-11-4-3-5-12-20)10-8-14-22(24)25(29)28-23(26(30)31)15-16-32-2/h3-14,23,27H,15-17H2,1-2H3,(H,28,29)(H,30,31). The maximum Gasteiger partial charge on any atom is 0.326 e. The van der Waals surface area contributed by atoms with E-state index in [4.69, 9.17) is 0 Å². The van der Waals surface area contributed by atoms with Crippen molar-refractivity contribution >= 4 is 29.3 Å². The molecule has 1 amide bonds. The molecule has 166 valence electrons. The van der Waals surface area contributed by atoms with Crippen molar-refractivity contribution in [3.8, 4) is 11.1 Å². The summed E-state index contributed by atoms with van der Waals surface area (Å²) in [4.78, 5) is 24.9. The first-order valence-corrected chi connectivity index (χ1v) is 11.9. The molecule has 3 rings (SSSR count). The van der Waals surface area contributed by atoms with E-state index < -0.39 is 12.0 Å². The van der Waals surface area contributed by atoms with E-state index in [0.717, 1.165) is 27.9 Å². The van der Waals surface area contributed by atoms with Gasteiger partial charge in [-0.3, -0.25) is 4.79 Å². The molecule has 0 radical (unpaired) electrons. The minimum absolute atomic E-state index is 0.372. The van der Waals surface area contributed by atoms with Crippen LogP contribution < -0.4 is 10.6 Å². The number of thioether (sulfide) groups is 1.